The number of hydrogen-bond acceptors (Lipinski definition) is 2. The van der Waals surface area contributed by atoms with Gasteiger partial charge in [0.2, 0.25) is 5.91 Å². The number of halogens is 2. The van der Waals surface area contributed by atoms with Crippen molar-refractivity contribution in [1.82, 2.24) is 4.90 Å². The molecule has 1 aliphatic heterocycles. The average molecular weight is 390 g/mol. The fourth-order valence-electron chi connectivity index (χ4n) is 3.21. The molecule has 2 aromatic rings. The second-order valence-corrected chi connectivity index (χ2v) is 7.05. The maximum atomic E-state index is 13.7. The minimum Gasteiger partial charge on any atom is -0.494 e. The standard InChI is InChI=1S/C21H22ClFN2O2/c1-27-20-7-5-16(14-19(20)23)6-8-21(26)25-11-9-24(10-12-25)15-17-3-2-4-18(22)13-17/h2-8,13-14H,9-12,15H2,1H3/p+1/b8-6+. The number of piperazine rings is 1. The van der Waals surface area contributed by atoms with Gasteiger partial charge in [-0.3, -0.25) is 4.79 Å². The van der Waals surface area contributed by atoms with Crippen LogP contribution < -0.4 is 9.64 Å². The minimum absolute atomic E-state index is 0.0481. The fourth-order valence-corrected chi connectivity index (χ4v) is 3.43. The first-order valence-corrected chi connectivity index (χ1v) is 9.31. The summed E-state index contributed by atoms with van der Waals surface area (Å²) in [5.41, 5.74) is 1.84. The molecule has 1 aliphatic rings. The number of quaternary nitrogens is 1. The third-order valence-corrected chi connectivity index (χ3v) is 4.95. The lowest BCUT2D eigenvalue weighted by molar-refractivity contribution is -0.917. The van der Waals surface area contributed by atoms with Crippen molar-refractivity contribution in [2.24, 2.45) is 0 Å². The Bertz CT molecular complexity index is 833. The Morgan fingerprint density at radius 1 is 1.26 bits per heavy atom. The van der Waals surface area contributed by atoms with Gasteiger partial charge < -0.3 is 14.5 Å². The number of amides is 1. The summed E-state index contributed by atoms with van der Waals surface area (Å²) in [7, 11) is 1.42. The van der Waals surface area contributed by atoms with Gasteiger partial charge in [-0.1, -0.05) is 29.8 Å². The van der Waals surface area contributed by atoms with Crippen LogP contribution in [0.3, 0.4) is 0 Å². The largest absolute Gasteiger partial charge is 0.494 e. The highest BCUT2D eigenvalue weighted by Gasteiger charge is 2.22. The van der Waals surface area contributed by atoms with Crippen LogP contribution in [0.4, 0.5) is 4.39 Å². The van der Waals surface area contributed by atoms with Crippen molar-refractivity contribution < 1.29 is 18.8 Å². The zero-order valence-corrected chi connectivity index (χ0v) is 16.0. The molecule has 6 heteroatoms. The molecule has 4 nitrogen and oxygen atoms in total. The van der Waals surface area contributed by atoms with Crippen LogP contribution in [0.15, 0.2) is 48.5 Å². The van der Waals surface area contributed by atoms with Gasteiger partial charge in [0.05, 0.1) is 33.3 Å². The Balaban J connectivity index is 1.51. The first-order chi connectivity index (χ1) is 13.0. The summed E-state index contributed by atoms with van der Waals surface area (Å²) in [4.78, 5) is 15.6. The maximum absolute atomic E-state index is 13.7. The van der Waals surface area contributed by atoms with Gasteiger partial charge in [-0.25, -0.2) is 4.39 Å². The molecule has 1 N–H and O–H groups in total. The third-order valence-electron chi connectivity index (χ3n) is 4.72. The molecule has 0 unspecified atom stereocenters. The van der Waals surface area contributed by atoms with Gasteiger partial charge in [0.15, 0.2) is 11.6 Å². The van der Waals surface area contributed by atoms with E-state index in [0.29, 0.717) is 18.7 Å². The van der Waals surface area contributed by atoms with E-state index in [4.69, 9.17) is 16.3 Å². The topological polar surface area (TPSA) is 34.0 Å². The highest BCUT2D eigenvalue weighted by molar-refractivity contribution is 6.30. The zero-order chi connectivity index (χ0) is 19.2. The molecule has 3 rings (SSSR count). The van der Waals surface area contributed by atoms with Gasteiger partial charge in [0.1, 0.15) is 6.54 Å². The number of methoxy groups -OCH3 is 1. The second kappa shape index (κ2) is 9.02. The predicted molar refractivity (Wildman–Crippen MR) is 104 cm³/mol. The quantitative estimate of drug-likeness (QED) is 0.797. The molecule has 1 amide bonds. The van der Waals surface area contributed by atoms with E-state index in [2.05, 4.69) is 6.07 Å². The first kappa shape index (κ1) is 19.4. The summed E-state index contributed by atoms with van der Waals surface area (Å²) in [6, 6.07) is 12.5. The second-order valence-electron chi connectivity index (χ2n) is 6.61. The van der Waals surface area contributed by atoms with Crippen LogP contribution in [-0.4, -0.2) is 44.1 Å². The van der Waals surface area contributed by atoms with E-state index in [0.717, 1.165) is 24.7 Å². The Labute approximate surface area is 163 Å². The molecule has 2 aromatic carbocycles. The Kier molecular flexibility index (Phi) is 6.48. The number of nitrogens with zero attached hydrogens (tertiary/aromatic N) is 1. The molecule has 27 heavy (non-hydrogen) atoms. The highest BCUT2D eigenvalue weighted by atomic mass is 35.5. The fraction of sp³-hybridized carbons (Fsp3) is 0.286. The smallest absolute Gasteiger partial charge is 0.246 e. The zero-order valence-electron chi connectivity index (χ0n) is 15.3. The van der Waals surface area contributed by atoms with Crippen molar-refractivity contribution in [2.45, 2.75) is 6.54 Å². The Morgan fingerprint density at radius 3 is 2.70 bits per heavy atom. The van der Waals surface area contributed by atoms with E-state index in [1.807, 2.05) is 23.1 Å². The lowest BCUT2D eigenvalue weighted by Crippen LogP contribution is -3.13. The Morgan fingerprint density at radius 2 is 2.04 bits per heavy atom. The molecule has 0 aromatic heterocycles. The van der Waals surface area contributed by atoms with Gasteiger partial charge >= 0.3 is 0 Å². The average Bonchev–Trinajstić information content (AvgIpc) is 2.67. The lowest BCUT2D eigenvalue weighted by atomic mass is 10.2. The summed E-state index contributed by atoms with van der Waals surface area (Å²) >= 11 is 6.04. The van der Waals surface area contributed by atoms with Crippen LogP contribution in [-0.2, 0) is 11.3 Å². The summed E-state index contributed by atoms with van der Waals surface area (Å²) in [6.45, 7) is 4.10. The molecule has 1 heterocycles. The van der Waals surface area contributed by atoms with Gasteiger partial charge in [0.25, 0.3) is 0 Å². The molecule has 0 spiro atoms. The van der Waals surface area contributed by atoms with Crippen LogP contribution in [0.2, 0.25) is 5.02 Å². The third kappa shape index (κ3) is 5.31. The van der Waals surface area contributed by atoms with E-state index in [1.54, 1.807) is 18.2 Å². The van der Waals surface area contributed by atoms with Crippen LogP contribution in [0.1, 0.15) is 11.1 Å². The van der Waals surface area contributed by atoms with Crippen molar-refractivity contribution >= 4 is 23.6 Å². The van der Waals surface area contributed by atoms with Crippen LogP contribution in [0.25, 0.3) is 6.08 Å². The molecule has 0 atom stereocenters. The molecule has 0 aliphatic carbocycles. The van der Waals surface area contributed by atoms with Gasteiger partial charge in [-0.05, 0) is 35.9 Å². The number of ether oxygens (including phenoxy) is 1. The molecule has 0 radical (unpaired) electrons. The first-order valence-electron chi connectivity index (χ1n) is 8.93. The van der Waals surface area contributed by atoms with E-state index in [-0.39, 0.29) is 11.7 Å². The van der Waals surface area contributed by atoms with Crippen molar-refractivity contribution in [2.75, 3.05) is 33.3 Å². The monoisotopic (exact) mass is 389 g/mol. The SMILES string of the molecule is COc1ccc(/C=C/C(=O)N2CC[NH+](Cc3cccc(Cl)c3)CC2)cc1F. The van der Waals surface area contributed by atoms with E-state index in [9.17, 15) is 9.18 Å². The van der Waals surface area contributed by atoms with Crippen LogP contribution >= 0.6 is 11.6 Å². The van der Waals surface area contributed by atoms with Crippen molar-refractivity contribution in [1.29, 1.82) is 0 Å². The number of nitrogens with one attached hydrogen (secondary N) is 1. The molecule has 1 fully saturated rings. The van der Waals surface area contributed by atoms with Gasteiger partial charge in [-0.15, -0.1) is 0 Å². The number of carbonyl (C=O) groups is 1. The van der Waals surface area contributed by atoms with Crippen molar-refractivity contribution in [3.8, 4) is 5.75 Å². The summed E-state index contributed by atoms with van der Waals surface area (Å²) < 4.78 is 18.6. The van der Waals surface area contributed by atoms with Crippen molar-refractivity contribution in [3.05, 3.63) is 70.5 Å². The lowest BCUT2D eigenvalue weighted by Gasteiger charge is -2.31. The van der Waals surface area contributed by atoms with Crippen LogP contribution in [0.5, 0.6) is 5.75 Å². The minimum atomic E-state index is -0.440. The van der Waals surface area contributed by atoms with Crippen LogP contribution in [0, 0.1) is 5.82 Å². The molecule has 1 saturated heterocycles. The molecule has 0 saturated carbocycles. The van der Waals surface area contributed by atoms with Gasteiger partial charge in [-0.2, -0.15) is 0 Å². The number of hydrogen-bond donors (Lipinski definition) is 1. The Hall–Kier alpha value is -2.37. The van der Waals surface area contributed by atoms with Crippen molar-refractivity contribution in [3.63, 3.8) is 0 Å². The molecule has 142 valence electrons. The molecule has 0 bridgehead atoms. The number of benzene rings is 2. The highest BCUT2D eigenvalue weighted by Crippen LogP contribution is 2.18. The van der Waals surface area contributed by atoms with Gasteiger partial charge in [0, 0.05) is 16.7 Å². The van der Waals surface area contributed by atoms with E-state index >= 15 is 0 Å². The number of carbonyl (C=O) groups excluding carboxylic acids is 1. The maximum Gasteiger partial charge on any atom is 0.246 e. The number of rotatable bonds is 5. The van der Waals surface area contributed by atoms with E-state index < -0.39 is 5.82 Å². The van der Waals surface area contributed by atoms with E-state index in [1.165, 1.54) is 29.7 Å². The summed E-state index contributed by atoms with van der Waals surface area (Å²) in [6.07, 6.45) is 3.14. The summed E-state index contributed by atoms with van der Waals surface area (Å²) in [5, 5.41) is 0.751. The summed E-state index contributed by atoms with van der Waals surface area (Å²) in [5.74, 6) is -0.296. The normalized spacial score (nSPS) is 15.3. The molecular weight excluding hydrogens is 367 g/mol. The molecular formula is C21H23ClFN2O2+. The predicted octanol–water partition coefficient (Wildman–Crippen LogP) is 2.43.